The lowest BCUT2D eigenvalue weighted by Gasteiger charge is -2.30. The minimum absolute atomic E-state index is 0.119. The number of nitrogens with zero attached hydrogens (tertiary/aromatic N) is 3. The fraction of sp³-hybridized carbons (Fsp3) is 0.389. The van der Waals surface area contributed by atoms with Gasteiger partial charge in [-0.25, -0.2) is 0 Å². The van der Waals surface area contributed by atoms with E-state index in [1.807, 2.05) is 18.2 Å². The molecule has 1 N–H and O–H groups in total. The highest BCUT2D eigenvalue weighted by molar-refractivity contribution is 6.30. The van der Waals surface area contributed by atoms with Crippen molar-refractivity contribution in [3.63, 3.8) is 0 Å². The molecule has 126 valence electrons. The van der Waals surface area contributed by atoms with Gasteiger partial charge in [0.15, 0.2) is 11.6 Å². The van der Waals surface area contributed by atoms with E-state index >= 15 is 0 Å². The van der Waals surface area contributed by atoms with Crippen molar-refractivity contribution in [2.45, 2.75) is 26.2 Å². The van der Waals surface area contributed by atoms with Crippen LogP contribution in [-0.4, -0.2) is 29.2 Å². The first-order valence-corrected chi connectivity index (χ1v) is 8.61. The molecule has 1 aromatic carbocycles. The molecule has 2 aromatic rings. The highest BCUT2D eigenvalue weighted by atomic mass is 35.5. The number of hydrogen-bond donors (Lipinski definition) is 1. The number of rotatable bonds is 4. The van der Waals surface area contributed by atoms with Gasteiger partial charge in [0, 0.05) is 18.1 Å². The summed E-state index contributed by atoms with van der Waals surface area (Å²) in [4.78, 5) is 14.3. The fourth-order valence-electron chi connectivity index (χ4n) is 2.77. The van der Waals surface area contributed by atoms with E-state index in [1.54, 1.807) is 18.2 Å². The first-order chi connectivity index (χ1) is 11.6. The summed E-state index contributed by atoms with van der Waals surface area (Å²) in [5.74, 6) is 2.01. The van der Waals surface area contributed by atoms with Gasteiger partial charge in [0.1, 0.15) is 0 Å². The third-order valence-corrected chi connectivity index (χ3v) is 4.56. The quantitative estimate of drug-likeness (QED) is 0.921. The second-order valence-corrected chi connectivity index (χ2v) is 6.73. The van der Waals surface area contributed by atoms with Gasteiger partial charge in [-0.3, -0.25) is 4.79 Å². The normalized spacial score (nSPS) is 15.3. The SMILES string of the molecule is CC1CCN(c2ccc(NC(=O)Cc3ccc(Cl)cc3)nn2)CC1. The zero-order valence-electron chi connectivity index (χ0n) is 13.7. The Morgan fingerprint density at radius 3 is 2.50 bits per heavy atom. The van der Waals surface area contributed by atoms with Crippen molar-refractivity contribution < 1.29 is 4.79 Å². The van der Waals surface area contributed by atoms with Gasteiger partial charge in [0.2, 0.25) is 5.91 Å². The number of aromatic nitrogens is 2. The van der Waals surface area contributed by atoms with Crippen LogP contribution in [-0.2, 0) is 11.2 Å². The number of carbonyl (C=O) groups is 1. The van der Waals surface area contributed by atoms with Crippen molar-refractivity contribution in [1.29, 1.82) is 0 Å². The van der Waals surface area contributed by atoms with E-state index in [1.165, 1.54) is 12.8 Å². The van der Waals surface area contributed by atoms with Crippen LogP contribution in [0.4, 0.5) is 11.6 Å². The minimum atomic E-state index is -0.119. The maximum absolute atomic E-state index is 12.1. The summed E-state index contributed by atoms with van der Waals surface area (Å²) in [6.07, 6.45) is 2.65. The Morgan fingerprint density at radius 2 is 1.88 bits per heavy atom. The number of piperidine rings is 1. The van der Waals surface area contributed by atoms with Gasteiger partial charge in [0.05, 0.1) is 6.42 Å². The highest BCUT2D eigenvalue weighted by Crippen LogP contribution is 2.21. The molecule has 0 aliphatic carbocycles. The summed E-state index contributed by atoms with van der Waals surface area (Å²) >= 11 is 5.84. The topological polar surface area (TPSA) is 58.1 Å². The highest BCUT2D eigenvalue weighted by Gasteiger charge is 2.17. The lowest BCUT2D eigenvalue weighted by Crippen LogP contribution is -2.33. The molecular formula is C18H21ClN4O. The van der Waals surface area contributed by atoms with Crippen molar-refractivity contribution in [3.8, 4) is 0 Å². The Morgan fingerprint density at radius 1 is 1.17 bits per heavy atom. The van der Waals surface area contributed by atoms with Crippen LogP contribution in [0.15, 0.2) is 36.4 Å². The van der Waals surface area contributed by atoms with Crippen molar-refractivity contribution >= 4 is 29.1 Å². The van der Waals surface area contributed by atoms with E-state index < -0.39 is 0 Å². The number of hydrogen-bond acceptors (Lipinski definition) is 4. The molecule has 5 nitrogen and oxygen atoms in total. The summed E-state index contributed by atoms with van der Waals surface area (Å²) in [5.41, 5.74) is 0.906. The average Bonchev–Trinajstić information content (AvgIpc) is 2.58. The Hall–Kier alpha value is -2.14. The third kappa shape index (κ3) is 4.45. The van der Waals surface area contributed by atoms with Crippen LogP contribution in [0.25, 0.3) is 0 Å². The van der Waals surface area contributed by atoms with Crippen molar-refractivity contribution in [2.24, 2.45) is 5.92 Å². The first kappa shape index (κ1) is 16.7. The molecule has 2 heterocycles. The standard InChI is InChI=1S/C18H21ClN4O/c1-13-8-10-23(11-9-13)17-7-6-16(21-22-17)20-18(24)12-14-2-4-15(19)5-3-14/h2-7,13H,8-12H2,1H3,(H,20,21,24). The molecule has 24 heavy (non-hydrogen) atoms. The van der Waals surface area contributed by atoms with Crippen molar-refractivity contribution in [2.75, 3.05) is 23.3 Å². The summed E-state index contributed by atoms with van der Waals surface area (Å²) in [5, 5.41) is 11.8. The predicted molar refractivity (Wildman–Crippen MR) is 96.4 cm³/mol. The summed E-state index contributed by atoms with van der Waals surface area (Å²) in [6, 6.07) is 11.0. The maximum atomic E-state index is 12.1. The average molecular weight is 345 g/mol. The van der Waals surface area contributed by atoms with Gasteiger partial charge in [-0.15, -0.1) is 10.2 Å². The Labute approximate surface area is 147 Å². The molecule has 1 aliphatic heterocycles. The maximum Gasteiger partial charge on any atom is 0.229 e. The number of amides is 1. The van der Waals surface area contributed by atoms with Crippen LogP contribution in [0.2, 0.25) is 5.02 Å². The second kappa shape index (κ2) is 7.62. The molecule has 6 heteroatoms. The van der Waals surface area contributed by atoms with Gasteiger partial charge >= 0.3 is 0 Å². The van der Waals surface area contributed by atoms with E-state index in [0.717, 1.165) is 30.4 Å². The Kier molecular flexibility index (Phi) is 5.30. The van der Waals surface area contributed by atoms with Gasteiger partial charge in [-0.05, 0) is 48.6 Å². The smallest absolute Gasteiger partial charge is 0.229 e. The molecule has 1 amide bonds. The lowest BCUT2D eigenvalue weighted by molar-refractivity contribution is -0.115. The van der Waals surface area contributed by atoms with E-state index in [0.29, 0.717) is 10.8 Å². The molecule has 0 spiro atoms. The van der Waals surface area contributed by atoms with Crippen LogP contribution < -0.4 is 10.2 Å². The molecule has 0 bridgehead atoms. The second-order valence-electron chi connectivity index (χ2n) is 6.30. The number of nitrogens with one attached hydrogen (secondary N) is 1. The van der Waals surface area contributed by atoms with Crippen molar-refractivity contribution in [3.05, 3.63) is 47.0 Å². The third-order valence-electron chi connectivity index (χ3n) is 4.30. The summed E-state index contributed by atoms with van der Waals surface area (Å²) < 4.78 is 0. The lowest BCUT2D eigenvalue weighted by atomic mass is 9.99. The molecule has 1 fully saturated rings. The van der Waals surface area contributed by atoms with Crippen LogP contribution in [0.5, 0.6) is 0 Å². The summed E-state index contributed by atoms with van der Waals surface area (Å²) in [7, 11) is 0. The molecule has 0 atom stereocenters. The van der Waals surface area contributed by atoms with Crippen LogP contribution >= 0.6 is 11.6 Å². The van der Waals surface area contributed by atoms with Gasteiger partial charge in [-0.1, -0.05) is 30.7 Å². The monoisotopic (exact) mass is 344 g/mol. The van der Waals surface area contributed by atoms with Crippen LogP contribution in [0, 0.1) is 5.92 Å². The van der Waals surface area contributed by atoms with E-state index in [2.05, 4.69) is 27.3 Å². The van der Waals surface area contributed by atoms with Gasteiger partial charge < -0.3 is 10.2 Å². The molecular weight excluding hydrogens is 324 g/mol. The van der Waals surface area contributed by atoms with Gasteiger partial charge in [0.25, 0.3) is 0 Å². The largest absolute Gasteiger partial charge is 0.355 e. The van der Waals surface area contributed by atoms with Crippen LogP contribution in [0.3, 0.4) is 0 Å². The number of benzene rings is 1. The Bertz CT molecular complexity index is 679. The number of anilines is 2. The van der Waals surface area contributed by atoms with Crippen LogP contribution in [0.1, 0.15) is 25.3 Å². The molecule has 0 unspecified atom stereocenters. The molecule has 0 saturated carbocycles. The molecule has 3 rings (SSSR count). The predicted octanol–water partition coefficient (Wildman–Crippen LogP) is 3.55. The van der Waals surface area contributed by atoms with Gasteiger partial charge in [-0.2, -0.15) is 0 Å². The minimum Gasteiger partial charge on any atom is -0.355 e. The number of halogens is 1. The molecule has 1 saturated heterocycles. The summed E-state index contributed by atoms with van der Waals surface area (Å²) in [6.45, 7) is 4.30. The Balaban J connectivity index is 1.55. The number of carbonyl (C=O) groups excluding carboxylic acids is 1. The first-order valence-electron chi connectivity index (χ1n) is 8.23. The zero-order chi connectivity index (χ0) is 16.9. The molecule has 0 radical (unpaired) electrons. The molecule has 1 aromatic heterocycles. The fourth-order valence-corrected chi connectivity index (χ4v) is 2.90. The van der Waals surface area contributed by atoms with E-state index in [-0.39, 0.29) is 12.3 Å². The van der Waals surface area contributed by atoms with E-state index in [9.17, 15) is 4.79 Å². The zero-order valence-corrected chi connectivity index (χ0v) is 14.5. The van der Waals surface area contributed by atoms with Crippen molar-refractivity contribution in [1.82, 2.24) is 10.2 Å². The molecule has 1 aliphatic rings. The van der Waals surface area contributed by atoms with E-state index in [4.69, 9.17) is 11.6 Å².